The SMILES string of the molecule is CC(C)CCC(=O)OCC(=O)Nc1ccccc1C(=O)NC1CCCC1. The topological polar surface area (TPSA) is 84.5 Å². The number of carbonyl (C=O) groups is 3. The fourth-order valence-corrected chi connectivity index (χ4v) is 2.93. The Bertz CT molecular complexity index is 636. The van der Waals surface area contributed by atoms with Gasteiger partial charge in [-0.1, -0.05) is 38.8 Å². The minimum atomic E-state index is -0.455. The van der Waals surface area contributed by atoms with Gasteiger partial charge in [0.1, 0.15) is 0 Å². The molecule has 6 nitrogen and oxygen atoms in total. The van der Waals surface area contributed by atoms with E-state index in [1.165, 1.54) is 0 Å². The van der Waals surface area contributed by atoms with Crippen molar-refractivity contribution in [3.63, 3.8) is 0 Å². The Morgan fingerprint density at radius 3 is 2.54 bits per heavy atom. The van der Waals surface area contributed by atoms with E-state index in [1.54, 1.807) is 24.3 Å². The van der Waals surface area contributed by atoms with Crippen molar-refractivity contribution in [1.82, 2.24) is 5.32 Å². The molecule has 1 aliphatic carbocycles. The molecule has 2 amide bonds. The second-order valence-electron chi connectivity index (χ2n) is 7.14. The summed E-state index contributed by atoms with van der Waals surface area (Å²) in [7, 11) is 0. The van der Waals surface area contributed by atoms with E-state index in [2.05, 4.69) is 10.6 Å². The number of anilines is 1. The zero-order valence-corrected chi connectivity index (χ0v) is 15.5. The molecule has 6 heteroatoms. The maximum Gasteiger partial charge on any atom is 0.306 e. The number of carbonyl (C=O) groups excluding carboxylic acids is 3. The highest BCUT2D eigenvalue weighted by Gasteiger charge is 2.20. The van der Waals surface area contributed by atoms with E-state index in [0.717, 1.165) is 32.1 Å². The van der Waals surface area contributed by atoms with Crippen molar-refractivity contribution < 1.29 is 19.1 Å². The summed E-state index contributed by atoms with van der Waals surface area (Å²) >= 11 is 0. The molecule has 1 aromatic carbocycles. The van der Waals surface area contributed by atoms with Gasteiger partial charge in [-0.2, -0.15) is 0 Å². The number of ether oxygens (including phenoxy) is 1. The Balaban J connectivity index is 1.87. The molecular formula is C20H28N2O4. The summed E-state index contributed by atoms with van der Waals surface area (Å²) in [6.45, 7) is 3.69. The lowest BCUT2D eigenvalue weighted by atomic mass is 10.1. The highest BCUT2D eigenvalue weighted by Crippen LogP contribution is 2.20. The molecule has 0 atom stereocenters. The molecular weight excluding hydrogens is 332 g/mol. The second kappa shape index (κ2) is 9.94. The highest BCUT2D eigenvalue weighted by atomic mass is 16.5. The summed E-state index contributed by atoms with van der Waals surface area (Å²) in [6.07, 6.45) is 5.27. The number of benzene rings is 1. The van der Waals surface area contributed by atoms with Crippen molar-refractivity contribution in [2.75, 3.05) is 11.9 Å². The third-order valence-electron chi connectivity index (χ3n) is 4.43. The highest BCUT2D eigenvalue weighted by molar-refractivity contribution is 6.04. The van der Waals surface area contributed by atoms with Crippen LogP contribution in [0.3, 0.4) is 0 Å². The number of nitrogens with one attached hydrogen (secondary N) is 2. The van der Waals surface area contributed by atoms with Crippen LogP contribution < -0.4 is 10.6 Å². The molecule has 2 N–H and O–H groups in total. The fraction of sp³-hybridized carbons (Fsp3) is 0.550. The molecule has 26 heavy (non-hydrogen) atoms. The van der Waals surface area contributed by atoms with Crippen molar-refractivity contribution in [1.29, 1.82) is 0 Å². The van der Waals surface area contributed by atoms with E-state index >= 15 is 0 Å². The second-order valence-corrected chi connectivity index (χ2v) is 7.14. The summed E-state index contributed by atoms with van der Waals surface area (Å²) < 4.78 is 4.98. The van der Waals surface area contributed by atoms with Gasteiger partial charge in [-0.05, 0) is 37.3 Å². The predicted molar refractivity (Wildman–Crippen MR) is 99.8 cm³/mol. The lowest BCUT2D eigenvalue weighted by Crippen LogP contribution is -2.33. The van der Waals surface area contributed by atoms with Gasteiger partial charge >= 0.3 is 5.97 Å². The largest absolute Gasteiger partial charge is 0.456 e. The van der Waals surface area contributed by atoms with E-state index in [4.69, 9.17) is 4.74 Å². The normalized spacial score (nSPS) is 14.3. The lowest BCUT2D eigenvalue weighted by molar-refractivity contribution is -0.147. The van der Waals surface area contributed by atoms with E-state index < -0.39 is 5.91 Å². The standard InChI is InChI=1S/C20H28N2O4/c1-14(2)11-12-19(24)26-13-18(23)22-17-10-6-5-9-16(17)20(25)21-15-7-3-4-8-15/h5-6,9-10,14-15H,3-4,7-8,11-13H2,1-2H3,(H,21,25)(H,22,23). The van der Waals surface area contributed by atoms with Crippen LogP contribution in [0.4, 0.5) is 5.69 Å². The molecule has 2 rings (SSSR count). The van der Waals surface area contributed by atoms with Crippen LogP contribution in [0.1, 0.15) is 62.7 Å². The summed E-state index contributed by atoms with van der Waals surface area (Å²) in [5.74, 6) is -0.631. The van der Waals surface area contributed by atoms with Gasteiger partial charge in [-0.3, -0.25) is 14.4 Å². The molecule has 0 aromatic heterocycles. The van der Waals surface area contributed by atoms with Crippen LogP contribution in [0, 0.1) is 5.92 Å². The maximum atomic E-state index is 12.5. The Hall–Kier alpha value is -2.37. The monoisotopic (exact) mass is 360 g/mol. The number of rotatable bonds is 8. The van der Waals surface area contributed by atoms with Crippen LogP contribution in [-0.4, -0.2) is 30.4 Å². The third kappa shape index (κ3) is 6.50. The molecule has 0 bridgehead atoms. The summed E-state index contributed by atoms with van der Waals surface area (Å²) in [5, 5.41) is 5.67. The zero-order valence-electron chi connectivity index (χ0n) is 15.5. The number of para-hydroxylation sites is 1. The molecule has 0 heterocycles. The molecule has 1 aromatic rings. The quantitative estimate of drug-likeness (QED) is 0.697. The number of hydrogen-bond donors (Lipinski definition) is 2. The zero-order chi connectivity index (χ0) is 18.9. The van der Waals surface area contributed by atoms with Crippen LogP contribution in [0.5, 0.6) is 0 Å². The van der Waals surface area contributed by atoms with E-state index in [0.29, 0.717) is 23.6 Å². The van der Waals surface area contributed by atoms with Crippen LogP contribution in [0.25, 0.3) is 0 Å². The first kappa shape index (κ1) is 19.9. The van der Waals surface area contributed by atoms with Gasteiger partial charge in [0.15, 0.2) is 6.61 Å². The van der Waals surface area contributed by atoms with Gasteiger partial charge in [0, 0.05) is 12.5 Å². The minimum absolute atomic E-state index is 0.193. The summed E-state index contributed by atoms with van der Waals surface area (Å²) in [6, 6.07) is 7.05. The number of hydrogen-bond acceptors (Lipinski definition) is 4. The van der Waals surface area contributed by atoms with Crippen LogP contribution >= 0.6 is 0 Å². The van der Waals surface area contributed by atoms with Gasteiger partial charge in [0.05, 0.1) is 11.3 Å². The molecule has 0 unspecified atom stereocenters. The van der Waals surface area contributed by atoms with Gasteiger partial charge in [0.25, 0.3) is 11.8 Å². The first-order valence-electron chi connectivity index (χ1n) is 9.31. The van der Waals surface area contributed by atoms with E-state index in [9.17, 15) is 14.4 Å². The average molecular weight is 360 g/mol. The average Bonchev–Trinajstić information content (AvgIpc) is 3.11. The molecule has 1 aliphatic rings. The fourth-order valence-electron chi connectivity index (χ4n) is 2.93. The van der Waals surface area contributed by atoms with Crippen molar-refractivity contribution in [3.05, 3.63) is 29.8 Å². The maximum absolute atomic E-state index is 12.5. The first-order chi connectivity index (χ1) is 12.5. The Morgan fingerprint density at radius 2 is 1.85 bits per heavy atom. The Morgan fingerprint density at radius 1 is 1.15 bits per heavy atom. The molecule has 0 spiro atoms. The summed E-state index contributed by atoms with van der Waals surface area (Å²) in [4.78, 5) is 36.1. The molecule has 0 aliphatic heterocycles. The lowest BCUT2D eigenvalue weighted by Gasteiger charge is -2.15. The van der Waals surface area contributed by atoms with Crippen molar-refractivity contribution >= 4 is 23.5 Å². The Labute approximate surface area is 154 Å². The first-order valence-corrected chi connectivity index (χ1v) is 9.31. The van der Waals surface area contributed by atoms with Gasteiger partial charge in [0.2, 0.25) is 0 Å². The molecule has 0 radical (unpaired) electrons. The van der Waals surface area contributed by atoms with Crippen molar-refractivity contribution in [2.45, 2.75) is 58.4 Å². The van der Waals surface area contributed by atoms with Gasteiger partial charge < -0.3 is 15.4 Å². The van der Waals surface area contributed by atoms with Crippen LogP contribution in [-0.2, 0) is 14.3 Å². The minimum Gasteiger partial charge on any atom is -0.456 e. The molecule has 0 saturated heterocycles. The van der Waals surface area contributed by atoms with Crippen LogP contribution in [0.2, 0.25) is 0 Å². The third-order valence-corrected chi connectivity index (χ3v) is 4.43. The van der Waals surface area contributed by atoms with Gasteiger partial charge in [-0.15, -0.1) is 0 Å². The predicted octanol–water partition coefficient (Wildman–Crippen LogP) is 3.28. The van der Waals surface area contributed by atoms with Crippen molar-refractivity contribution in [2.24, 2.45) is 5.92 Å². The number of esters is 1. The summed E-state index contributed by atoms with van der Waals surface area (Å²) in [5.41, 5.74) is 0.838. The molecule has 1 saturated carbocycles. The van der Waals surface area contributed by atoms with E-state index in [1.807, 2.05) is 13.8 Å². The smallest absolute Gasteiger partial charge is 0.306 e. The van der Waals surface area contributed by atoms with Crippen molar-refractivity contribution in [3.8, 4) is 0 Å². The molecule has 142 valence electrons. The van der Waals surface area contributed by atoms with Gasteiger partial charge in [-0.25, -0.2) is 0 Å². The van der Waals surface area contributed by atoms with Crippen LogP contribution in [0.15, 0.2) is 24.3 Å². The number of amides is 2. The molecule has 1 fully saturated rings. The van der Waals surface area contributed by atoms with E-state index in [-0.39, 0.29) is 24.5 Å². The Kier molecular flexibility index (Phi) is 7.63.